The van der Waals surface area contributed by atoms with Gasteiger partial charge in [0.1, 0.15) is 6.10 Å². The van der Waals surface area contributed by atoms with Crippen LogP contribution < -0.4 is 4.74 Å². The van der Waals surface area contributed by atoms with E-state index in [-0.39, 0.29) is 57.7 Å². The molecule has 0 amide bonds. The van der Waals surface area contributed by atoms with E-state index in [0.717, 1.165) is 25.7 Å². The number of carbonyl (C=O) groups excluding carboxylic acids is 2. The molecule has 3 saturated carbocycles. The first kappa shape index (κ1) is 27.0. The summed E-state index contributed by atoms with van der Waals surface area (Å²) in [6.45, 7) is 10.9. The maximum atomic E-state index is 13.3. The molecule has 0 radical (unpaired) electrons. The van der Waals surface area contributed by atoms with E-state index in [1.54, 1.807) is 30.4 Å². The predicted molar refractivity (Wildman–Crippen MR) is 145 cm³/mol. The van der Waals surface area contributed by atoms with Crippen molar-refractivity contribution in [2.24, 2.45) is 39.4 Å². The second kappa shape index (κ2) is 8.97. The van der Waals surface area contributed by atoms with Crippen LogP contribution in [0.3, 0.4) is 0 Å². The number of esters is 1. The van der Waals surface area contributed by atoms with E-state index in [1.165, 1.54) is 13.2 Å². The fraction of sp³-hybridized carbons (Fsp3) is 0.625. The summed E-state index contributed by atoms with van der Waals surface area (Å²) in [7, 11) is 1.49. The smallest absolute Gasteiger partial charge is 0.331 e. The zero-order chi connectivity index (χ0) is 27.7. The van der Waals surface area contributed by atoms with Gasteiger partial charge in [-0.15, -0.1) is 0 Å². The van der Waals surface area contributed by atoms with Crippen LogP contribution in [-0.4, -0.2) is 41.3 Å². The minimum atomic E-state index is -0.554. The lowest BCUT2D eigenvalue weighted by molar-refractivity contribution is -0.226. The van der Waals surface area contributed by atoms with Crippen molar-refractivity contribution < 1.29 is 29.3 Å². The molecule has 4 aliphatic rings. The molecule has 6 nitrogen and oxygen atoms in total. The highest BCUT2D eigenvalue weighted by atomic mass is 16.5. The summed E-state index contributed by atoms with van der Waals surface area (Å²) < 4.78 is 11.4. The zero-order valence-electron chi connectivity index (χ0n) is 23.5. The number of aliphatic hydroxyl groups excluding tert-OH is 1. The van der Waals surface area contributed by atoms with E-state index in [1.807, 2.05) is 13.8 Å². The maximum absolute atomic E-state index is 13.3. The van der Waals surface area contributed by atoms with Gasteiger partial charge in [-0.25, -0.2) is 4.79 Å². The number of aromatic hydroxyl groups is 1. The first-order valence-electron chi connectivity index (χ1n) is 14.0. The van der Waals surface area contributed by atoms with Crippen molar-refractivity contribution in [1.29, 1.82) is 0 Å². The van der Waals surface area contributed by atoms with Crippen LogP contribution in [0, 0.1) is 39.4 Å². The third-order valence-electron chi connectivity index (χ3n) is 11.4. The van der Waals surface area contributed by atoms with E-state index >= 15 is 0 Å². The van der Waals surface area contributed by atoms with Gasteiger partial charge in [-0.05, 0) is 90.5 Å². The highest BCUT2D eigenvalue weighted by Crippen LogP contribution is 2.72. The Bertz CT molecular complexity index is 1200. The van der Waals surface area contributed by atoms with Gasteiger partial charge in [0.05, 0.1) is 13.2 Å². The molecule has 5 rings (SSSR count). The van der Waals surface area contributed by atoms with Crippen molar-refractivity contribution >= 4 is 17.8 Å². The van der Waals surface area contributed by atoms with Crippen LogP contribution in [0.2, 0.25) is 0 Å². The van der Waals surface area contributed by atoms with E-state index in [9.17, 15) is 19.8 Å². The molecule has 0 bridgehead atoms. The number of ketones is 1. The molecular formula is C32H42O6. The lowest BCUT2D eigenvalue weighted by atomic mass is 9.37. The standard InChI is InChI=1S/C32H42O6/c1-29(2)24-18-27(38-28(36)12-8-19-7-9-21(37-6)20(33)17-19)32(5)22-10-11-26(35)31(22,4)15-13-23(32)30(24,3)16-14-25(29)34/h7-9,12,14,16-17,22-24,26-27,33,35H,10-11,13,15,18H2,1-6H3/b12-8+/t22-,23-,24+,26-,27-,30-,31-,32+/m1/s1. The Morgan fingerprint density at radius 2 is 1.79 bits per heavy atom. The maximum Gasteiger partial charge on any atom is 0.331 e. The molecular weight excluding hydrogens is 480 g/mol. The van der Waals surface area contributed by atoms with Crippen molar-refractivity contribution in [3.63, 3.8) is 0 Å². The van der Waals surface area contributed by atoms with Gasteiger partial charge in [0.2, 0.25) is 0 Å². The normalized spacial score (nSPS) is 41.3. The molecule has 0 saturated heterocycles. The van der Waals surface area contributed by atoms with Crippen molar-refractivity contribution in [2.45, 2.75) is 78.9 Å². The Kier molecular flexibility index (Phi) is 6.37. The van der Waals surface area contributed by atoms with Gasteiger partial charge in [0, 0.05) is 16.9 Å². The number of fused-ring (bicyclic) bond motifs is 5. The minimum Gasteiger partial charge on any atom is -0.504 e. The third-order valence-corrected chi connectivity index (χ3v) is 11.4. The number of hydrogen-bond donors (Lipinski definition) is 2. The highest BCUT2D eigenvalue weighted by Gasteiger charge is 2.70. The molecule has 38 heavy (non-hydrogen) atoms. The van der Waals surface area contributed by atoms with Gasteiger partial charge in [0.25, 0.3) is 0 Å². The Morgan fingerprint density at radius 1 is 1.05 bits per heavy atom. The molecule has 8 atom stereocenters. The van der Waals surface area contributed by atoms with Crippen LogP contribution in [-0.2, 0) is 14.3 Å². The monoisotopic (exact) mass is 522 g/mol. The molecule has 1 aromatic carbocycles. The number of benzene rings is 1. The zero-order valence-corrected chi connectivity index (χ0v) is 23.5. The summed E-state index contributed by atoms with van der Waals surface area (Å²) in [6, 6.07) is 4.96. The van der Waals surface area contributed by atoms with E-state index in [0.29, 0.717) is 17.7 Å². The summed E-state index contributed by atoms with van der Waals surface area (Å²) in [6.07, 6.45) is 10.4. The fourth-order valence-corrected chi connectivity index (χ4v) is 9.26. The number of hydrogen-bond acceptors (Lipinski definition) is 6. The van der Waals surface area contributed by atoms with Crippen molar-refractivity contribution in [2.75, 3.05) is 7.11 Å². The van der Waals surface area contributed by atoms with Gasteiger partial charge in [0.15, 0.2) is 17.3 Å². The van der Waals surface area contributed by atoms with Crippen LogP contribution in [0.1, 0.15) is 72.3 Å². The molecule has 2 N–H and O–H groups in total. The number of methoxy groups -OCH3 is 1. The predicted octanol–water partition coefficient (Wildman–Crippen LogP) is 5.71. The van der Waals surface area contributed by atoms with Gasteiger partial charge >= 0.3 is 5.97 Å². The van der Waals surface area contributed by atoms with Crippen LogP contribution >= 0.6 is 0 Å². The number of aliphatic hydroxyl groups is 1. The molecule has 0 aliphatic heterocycles. The van der Waals surface area contributed by atoms with Crippen LogP contribution in [0.15, 0.2) is 36.4 Å². The molecule has 1 aromatic rings. The lowest BCUT2D eigenvalue weighted by Crippen LogP contribution is -2.66. The Morgan fingerprint density at radius 3 is 2.47 bits per heavy atom. The van der Waals surface area contributed by atoms with Crippen molar-refractivity contribution in [3.05, 3.63) is 42.0 Å². The third kappa shape index (κ3) is 3.77. The number of ether oxygens (including phenoxy) is 2. The van der Waals surface area contributed by atoms with Crippen LogP contribution in [0.4, 0.5) is 0 Å². The SMILES string of the molecule is COc1ccc(/C=C/C(=O)O[C@@H]2C[C@H]3C(C)(C)C(=O)C=C[C@]3(C)[C@H]3CC[C@@]4(C)[C@H](O)CC[C@H]4[C@@]32C)cc1O. The summed E-state index contributed by atoms with van der Waals surface area (Å²) in [5.74, 6) is 0.550. The second-order valence-electron chi connectivity index (χ2n) is 13.4. The van der Waals surface area contributed by atoms with Crippen molar-refractivity contribution in [3.8, 4) is 11.5 Å². The Hall–Kier alpha value is -2.60. The fourth-order valence-electron chi connectivity index (χ4n) is 9.26. The summed E-state index contributed by atoms with van der Waals surface area (Å²) in [5.41, 5.74) is -0.631. The Labute approximate surface area is 226 Å². The highest BCUT2D eigenvalue weighted by molar-refractivity contribution is 5.95. The molecule has 3 fully saturated rings. The number of phenols is 1. The molecule has 6 heteroatoms. The van der Waals surface area contributed by atoms with E-state index in [4.69, 9.17) is 9.47 Å². The lowest BCUT2D eigenvalue weighted by Gasteiger charge is -2.67. The largest absolute Gasteiger partial charge is 0.504 e. The van der Waals surface area contributed by atoms with Crippen molar-refractivity contribution in [1.82, 2.24) is 0 Å². The summed E-state index contributed by atoms with van der Waals surface area (Å²) in [4.78, 5) is 26.3. The molecule has 206 valence electrons. The number of allylic oxidation sites excluding steroid dienone is 2. The number of carbonyl (C=O) groups is 2. The minimum absolute atomic E-state index is 0.00321. The topological polar surface area (TPSA) is 93.1 Å². The number of rotatable bonds is 4. The quantitative estimate of drug-likeness (QED) is 0.389. The summed E-state index contributed by atoms with van der Waals surface area (Å²) in [5, 5.41) is 21.1. The average molecular weight is 523 g/mol. The average Bonchev–Trinajstić information content (AvgIpc) is 3.17. The van der Waals surface area contributed by atoms with Gasteiger partial charge in [-0.1, -0.05) is 46.8 Å². The first-order valence-corrected chi connectivity index (χ1v) is 14.0. The second-order valence-corrected chi connectivity index (χ2v) is 13.4. The van der Waals surface area contributed by atoms with E-state index in [2.05, 4.69) is 26.8 Å². The van der Waals surface area contributed by atoms with E-state index < -0.39 is 11.4 Å². The van der Waals surface area contributed by atoms with Crippen LogP contribution in [0.5, 0.6) is 11.5 Å². The Balaban J connectivity index is 1.50. The molecule has 0 heterocycles. The molecule has 4 aliphatic carbocycles. The number of phenolic OH excluding ortho intramolecular Hbond substituents is 1. The van der Waals surface area contributed by atoms with Gasteiger partial charge < -0.3 is 19.7 Å². The van der Waals surface area contributed by atoms with Gasteiger partial charge in [-0.2, -0.15) is 0 Å². The van der Waals surface area contributed by atoms with Gasteiger partial charge in [-0.3, -0.25) is 4.79 Å². The first-order chi connectivity index (χ1) is 17.8. The molecule has 0 aromatic heterocycles. The van der Waals surface area contributed by atoms with Crippen LogP contribution in [0.25, 0.3) is 6.08 Å². The molecule has 0 spiro atoms. The molecule has 0 unspecified atom stereocenters. The summed E-state index contributed by atoms with van der Waals surface area (Å²) >= 11 is 0.